The maximum Gasteiger partial charge on any atom is 0.261 e. The summed E-state index contributed by atoms with van der Waals surface area (Å²) in [6, 6.07) is 5.87. The Morgan fingerprint density at radius 1 is 1.10 bits per heavy atom. The molecule has 162 valence electrons. The highest BCUT2D eigenvalue weighted by atomic mass is 32.2. The lowest BCUT2D eigenvalue weighted by molar-refractivity contribution is 0.101. The molecule has 1 aliphatic heterocycles. The molecule has 3 rings (SSSR count). The van der Waals surface area contributed by atoms with E-state index in [9.17, 15) is 22.0 Å². The number of nitrogens with one attached hydrogen (secondary N) is 1. The van der Waals surface area contributed by atoms with Crippen molar-refractivity contribution in [2.75, 3.05) is 49.9 Å². The lowest BCUT2D eigenvalue weighted by Crippen LogP contribution is -2.39. The normalized spacial score (nSPS) is 14.9. The van der Waals surface area contributed by atoms with E-state index in [1.54, 1.807) is 0 Å². The van der Waals surface area contributed by atoms with Gasteiger partial charge in [0.1, 0.15) is 16.2 Å². The molecule has 2 aromatic carbocycles. The summed E-state index contributed by atoms with van der Waals surface area (Å²) < 4.78 is 79.1. The summed E-state index contributed by atoms with van der Waals surface area (Å²) in [5, 5.41) is 2.27. The lowest BCUT2D eigenvalue weighted by Gasteiger charge is -2.32. The van der Waals surface area contributed by atoms with Crippen LogP contribution < -0.4 is 15.0 Å². The van der Waals surface area contributed by atoms with Crippen LogP contribution in [0.3, 0.4) is 0 Å². The number of halogens is 3. The maximum atomic E-state index is 15.3. The smallest absolute Gasteiger partial charge is 0.261 e. The number of hydrogen-bond donors (Lipinski definition) is 1. The van der Waals surface area contributed by atoms with Crippen molar-refractivity contribution in [2.24, 2.45) is 0 Å². The molecule has 0 unspecified atom stereocenters. The molecule has 7 nitrogen and oxygen atoms in total. The number of sulfone groups is 1. The number of ether oxygens (including phenoxy) is 2. The van der Waals surface area contributed by atoms with Gasteiger partial charge in [0.15, 0.2) is 27.3 Å². The average molecular weight is 444 g/mol. The monoisotopic (exact) mass is 444 g/mol. The van der Waals surface area contributed by atoms with Gasteiger partial charge in [-0.2, -0.15) is 0 Å². The summed E-state index contributed by atoms with van der Waals surface area (Å²) >= 11 is 0. The van der Waals surface area contributed by atoms with Crippen molar-refractivity contribution in [3.05, 3.63) is 47.3 Å². The van der Waals surface area contributed by atoms with Crippen LogP contribution >= 0.6 is 0 Å². The second-order valence-electron chi connectivity index (χ2n) is 6.48. The Labute approximate surface area is 171 Å². The van der Waals surface area contributed by atoms with Crippen molar-refractivity contribution in [2.45, 2.75) is 4.90 Å². The van der Waals surface area contributed by atoms with Gasteiger partial charge in [0.25, 0.3) is 5.91 Å². The molecule has 0 spiro atoms. The van der Waals surface area contributed by atoms with E-state index in [4.69, 9.17) is 9.47 Å². The summed E-state index contributed by atoms with van der Waals surface area (Å²) in [4.78, 5) is 12.7. The molecule has 30 heavy (non-hydrogen) atoms. The van der Waals surface area contributed by atoms with Crippen LogP contribution in [0.25, 0.3) is 0 Å². The summed E-state index contributed by atoms with van der Waals surface area (Å²) in [6.07, 6.45) is 0. The zero-order chi connectivity index (χ0) is 22.1. The molecule has 11 heteroatoms. The van der Waals surface area contributed by atoms with E-state index in [-0.39, 0.29) is 25.4 Å². The first-order valence-corrected chi connectivity index (χ1v) is 10.5. The molecule has 1 N–H and O–H groups in total. The fourth-order valence-corrected chi connectivity index (χ4v) is 4.67. The largest absolute Gasteiger partial charge is 0.497 e. The van der Waals surface area contributed by atoms with Crippen molar-refractivity contribution in [1.29, 1.82) is 0 Å². The number of rotatable bonds is 6. The number of amides is 1. The van der Waals surface area contributed by atoms with E-state index >= 15 is 4.39 Å². The van der Waals surface area contributed by atoms with E-state index in [0.29, 0.717) is 5.75 Å². The van der Waals surface area contributed by atoms with Gasteiger partial charge >= 0.3 is 0 Å². The molecule has 0 aromatic heterocycles. The number of carbonyl (C=O) groups is 1. The molecule has 2 aromatic rings. The van der Waals surface area contributed by atoms with Crippen LogP contribution in [-0.2, 0) is 14.6 Å². The highest BCUT2D eigenvalue weighted by Gasteiger charge is 2.39. The third kappa shape index (κ3) is 3.94. The van der Waals surface area contributed by atoms with Gasteiger partial charge < -0.3 is 19.7 Å². The number of methoxy groups -OCH3 is 2. The van der Waals surface area contributed by atoms with Gasteiger partial charge in [-0.05, 0) is 24.3 Å². The number of hydrogen-bond acceptors (Lipinski definition) is 6. The number of benzene rings is 2. The third-order valence-corrected chi connectivity index (χ3v) is 6.37. The molecule has 1 amide bonds. The third-order valence-electron chi connectivity index (χ3n) is 4.65. The molecule has 0 radical (unpaired) electrons. The van der Waals surface area contributed by atoms with Crippen LogP contribution in [0.2, 0.25) is 0 Å². The van der Waals surface area contributed by atoms with Crippen LogP contribution in [0, 0.1) is 17.5 Å². The Hall–Kier alpha value is -2.79. The molecular weight excluding hydrogens is 425 g/mol. The highest BCUT2D eigenvalue weighted by molar-refractivity contribution is 7.91. The Balaban J connectivity index is 2.09. The number of carbonyl (C=O) groups excluding carboxylic acids is 1. The van der Waals surface area contributed by atoms with E-state index in [1.807, 2.05) is 0 Å². The number of nitrogens with zero attached hydrogens (tertiary/aromatic N) is 1. The van der Waals surface area contributed by atoms with Gasteiger partial charge in [-0.1, -0.05) is 0 Å². The summed E-state index contributed by atoms with van der Waals surface area (Å²) in [6.45, 7) is -0.0356. The highest BCUT2D eigenvalue weighted by Crippen LogP contribution is 2.39. The van der Waals surface area contributed by atoms with Crippen molar-refractivity contribution in [3.8, 4) is 5.75 Å². The maximum absolute atomic E-state index is 15.3. The molecule has 0 atom stereocenters. The molecule has 0 bridgehead atoms. The minimum absolute atomic E-state index is 0.0283. The van der Waals surface area contributed by atoms with Crippen LogP contribution in [-0.4, -0.2) is 54.0 Å². The standard InChI is InChI=1S/C19H19F3N2O5S/c1-28-9-7-24-8-10-30(26,27)18-16(22)14(20)13(15(21)17(18)24)19(25)23-11-3-5-12(29-2)6-4-11/h3-6H,7-10H2,1-2H3,(H,23,25). The molecule has 1 aliphatic rings. The van der Waals surface area contributed by atoms with Crippen molar-refractivity contribution in [1.82, 2.24) is 0 Å². The fourth-order valence-electron chi connectivity index (χ4n) is 3.13. The van der Waals surface area contributed by atoms with E-state index < -0.39 is 55.1 Å². The minimum atomic E-state index is -4.27. The van der Waals surface area contributed by atoms with E-state index in [2.05, 4.69) is 5.32 Å². The predicted octanol–water partition coefficient (Wildman–Crippen LogP) is 2.60. The van der Waals surface area contributed by atoms with Gasteiger partial charge in [-0.25, -0.2) is 21.6 Å². The van der Waals surface area contributed by atoms with E-state index in [0.717, 1.165) is 0 Å². The zero-order valence-electron chi connectivity index (χ0n) is 16.2. The summed E-state index contributed by atoms with van der Waals surface area (Å²) in [5.41, 5.74) is -1.69. The first-order chi connectivity index (χ1) is 14.2. The van der Waals surface area contributed by atoms with Gasteiger partial charge in [-0.15, -0.1) is 0 Å². The number of anilines is 2. The molecule has 0 fully saturated rings. The van der Waals surface area contributed by atoms with Crippen LogP contribution in [0.15, 0.2) is 29.2 Å². The first kappa shape index (κ1) is 21.9. The Morgan fingerprint density at radius 2 is 1.77 bits per heavy atom. The fraction of sp³-hybridized carbons (Fsp3) is 0.316. The SMILES string of the molecule is COCCN1CCS(=O)(=O)c2c(F)c(F)c(C(=O)Nc3ccc(OC)cc3)c(F)c21. The van der Waals surface area contributed by atoms with E-state index in [1.165, 1.54) is 43.4 Å². The Kier molecular flexibility index (Phi) is 6.22. The summed E-state index contributed by atoms with van der Waals surface area (Å²) in [5.74, 6) is -6.38. The average Bonchev–Trinajstić information content (AvgIpc) is 2.71. The Bertz CT molecular complexity index is 1070. The topological polar surface area (TPSA) is 84.9 Å². The van der Waals surface area contributed by atoms with Crippen molar-refractivity contribution >= 4 is 27.1 Å². The molecular formula is C19H19F3N2O5S. The molecule has 0 saturated heterocycles. The van der Waals surface area contributed by atoms with Crippen LogP contribution in [0.4, 0.5) is 24.5 Å². The second kappa shape index (κ2) is 8.52. The quantitative estimate of drug-likeness (QED) is 0.690. The van der Waals surface area contributed by atoms with Gasteiger partial charge in [-0.3, -0.25) is 4.79 Å². The van der Waals surface area contributed by atoms with Crippen molar-refractivity contribution in [3.63, 3.8) is 0 Å². The van der Waals surface area contributed by atoms with Crippen LogP contribution in [0.1, 0.15) is 10.4 Å². The molecule has 1 heterocycles. The zero-order valence-corrected chi connectivity index (χ0v) is 17.0. The van der Waals surface area contributed by atoms with Gasteiger partial charge in [0, 0.05) is 25.9 Å². The van der Waals surface area contributed by atoms with Gasteiger partial charge in [0.05, 0.1) is 25.2 Å². The van der Waals surface area contributed by atoms with Crippen molar-refractivity contribution < 1.29 is 35.9 Å². The summed E-state index contributed by atoms with van der Waals surface area (Å²) in [7, 11) is -1.44. The minimum Gasteiger partial charge on any atom is -0.497 e. The molecule has 0 aliphatic carbocycles. The predicted molar refractivity (Wildman–Crippen MR) is 103 cm³/mol. The number of fused-ring (bicyclic) bond motifs is 1. The lowest BCUT2D eigenvalue weighted by atomic mass is 10.1. The second-order valence-corrected chi connectivity index (χ2v) is 8.52. The van der Waals surface area contributed by atoms with Crippen LogP contribution in [0.5, 0.6) is 5.75 Å². The van der Waals surface area contributed by atoms with Gasteiger partial charge in [0.2, 0.25) is 0 Å². The first-order valence-electron chi connectivity index (χ1n) is 8.83. The Morgan fingerprint density at radius 3 is 2.37 bits per heavy atom. The molecule has 0 saturated carbocycles.